The molecule has 1 saturated heterocycles. The lowest BCUT2D eigenvalue weighted by atomic mass is 10.0. The number of hydrogen-bond donors (Lipinski definition) is 1. The molecule has 1 aliphatic heterocycles. The minimum atomic E-state index is 0.173. The molecular formula is C16H26N2O2. The predicted octanol–water partition coefficient (Wildman–Crippen LogP) is 3.09. The van der Waals surface area contributed by atoms with Gasteiger partial charge in [0.1, 0.15) is 5.75 Å². The lowest BCUT2D eigenvalue weighted by Crippen LogP contribution is -2.19. The molecule has 2 rings (SSSR count). The Morgan fingerprint density at radius 3 is 2.95 bits per heavy atom. The highest BCUT2D eigenvalue weighted by Crippen LogP contribution is 2.25. The second-order valence-corrected chi connectivity index (χ2v) is 5.67. The molecule has 1 aromatic heterocycles. The maximum atomic E-state index is 5.71. The first-order valence-corrected chi connectivity index (χ1v) is 7.59. The Morgan fingerprint density at radius 2 is 2.30 bits per heavy atom. The van der Waals surface area contributed by atoms with E-state index in [1.54, 1.807) is 6.20 Å². The first-order valence-electron chi connectivity index (χ1n) is 7.59. The molecule has 112 valence electrons. The molecule has 2 atom stereocenters. The molecule has 0 aliphatic carbocycles. The summed E-state index contributed by atoms with van der Waals surface area (Å²) in [6.07, 6.45) is 8.87. The fraction of sp³-hybridized carbons (Fsp3) is 0.688. The molecule has 1 fully saturated rings. The van der Waals surface area contributed by atoms with Gasteiger partial charge in [-0.25, -0.2) is 0 Å². The Labute approximate surface area is 121 Å². The third-order valence-corrected chi connectivity index (χ3v) is 3.66. The monoisotopic (exact) mass is 278 g/mol. The van der Waals surface area contributed by atoms with Crippen molar-refractivity contribution in [3.63, 3.8) is 0 Å². The Bertz CT molecular complexity index is 403. The number of hydrogen-bond acceptors (Lipinski definition) is 4. The van der Waals surface area contributed by atoms with Crippen LogP contribution in [0, 0.1) is 0 Å². The van der Waals surface area contributed by atoms with Crippen molar-refractivity contribution in [3.8, 4) is 5.75 Å². The third kappa shape index (κ3) is 4.46. The van der Waals surface area contributed by atoms with Gasteiger partial charge < -0.3 is 14.8 Å². The molecule has 1 N–H and O–H groups in total. The van der Waals surface area contributed by atoms with Crippen molar-refractivity contribution in [1.82, 2.24) is 10.3 Å². The largest absolute Gasteiger partial charge is 0.489 e. The number of aromatic nitrogens is 1. The van der Waals surface area contributed by atoms with E-state index in [4.69, 9.17) is 9.47 Å². The highest BCUT2D eigenvalue weighted by Gasteiger charge is 2.18. The SMILES string of the molecule is CNC(CCC1CCCO1)c1cncc(OC(C)C)c1. The Balaban J connectivity index is 1.95. The first kappa shape index (κ1) is 15.3. The molecule has 0 saturated carbocycles. The van der Waals surface area contributed by atoms with Crippen molar-refractivity contribution in [2.45, 2.75) is 57.8 Å². The van der Waals surface area contributed by atoms with Crippen molar-refractivity contribution >= 4 is 0 Å². The van der Waals surface area contributed by atoms with E-state index in [1.807, 2.05) is 27.1 Å². The molecule has 0 spiro atoms. The Morgan fingerprint density at radius 1 is 1.45 bits per heavy atom. The molecule has 2 unspecified atom stereocenters. The van der Waals surface area contributed by atoms with E-state index in [1.165, 1.54) is 18.4 Å². The standard InChI is InChI=1S/C16H26N2O2/c1-12(2)20-15-9-13(10-18-11-15)16(17-3)7-6-14-5-4-8-19-14/h9-12,14,16-17H,4-8H2,1-3H3. The first-order chi connectivity index (χ1) is 9.69. The molecule has 0 aromatic carbocycles. The number of pyridine rings is 1. The van der Waals surface area contributed by atoms with Crippen LogP contribution in [-0.4, -0.2) is 30.8 Å². The van der Waals surface area contributed by atoms with Gasteiger partial charge in [0.25, 0.3) is 0 Å². The van der Waals surface area contributed by atoms with Crippen molar-refractivity contribution < 1.29 is 9.47 Å². The smallest absolute Gasteiger partial charge is 0.138 e. The van der Waals surface area contributed by atoms with E-state index < -0.39 is 0 Å². The summed E-state index contributed by atoms with van der Waals surface area (Å²) in [7, 11) is 2.00. The van der Waals surface area contributed by atoms with Crippen LogP contribution < -0.4 is 10.1 Å². The van der Waals surface area contributed by atoms with E-state index in [2.05, 4.69) is 16.4 Å². The zero-order valence-corrected chi connectivity index (χ0v) is 12.8. The summed E-state index contributed by atoms with van der Waals surface area (Å²) < 4.78 is 11.4. The highest BCUT2D eigenvalue weighted by atomic mass is 16.5. The van der Waals surface area contributed by atoms with Crippen LogP contribution in [-0.2, 0) is 4.74 Å². The highest BCUT2D eigenvalue weighted by molar-refractivity contribution is 5.26. The molecule has 0 amide bonds. The number of rotatable bonds is 7. The Hall–Kier alpha value is -1.13. The zero-order chi connectivity index (χ0) is 14.4. The van der Waals surface area contributed by atoms with Gasteiger partial charge in [-0.2, -0.15) is 0 Å². The van der Waals surface area contributed by atoms with Crippen molar-refractivity contribution in [2.24, 2.45) is 0 Å². The van der Waals surface area contributed by atoms with E-state index in [0.29, 0.717) is 12.1 Å². The van der Waals surface area contributed by atoms with E-state index >= 15 is 0 Å². The quantitative estimate of drug-likeness (QED) is 0.832. The van der Waals surface area contributed by atoms with Gasteiger partial charge in [0.05, 0.1) is 18.4 Å². The van der Waals surface area contributed by atoms with Gasteiger partial charge in [0, 0.05) is 18.8 Å². The summed E-state index contributed by atoms with van der Waals surface area (Å²) in [5.74, 6) is 0.842. The fourth-order valence-corrected chi connectivity index (χ4v) is 2.67. The Kier molecular flexibility index (Phi) is 5.80. The third-order valence-electron chi connectivity index (χ3n) is 3.66. The molecule has 20 heavy (non-hydrogen) atoms. The molecule has 4 heteroatoms. The van der Waals surface area contributed by atoms with Gasteiger partial charge in [-0.05, 0) is 58.2 Å². The summed E-state index contributed by atoms with van der Waals surface area (Å²) in [6, 6.07) is 2.39. The van der Waals surface area contributed by atoms with Gasteiger partial charge in [-0.3, -0.25) is 4.98 Å². The molecule has 2 heterocycles. The average Bonchev–Trinajstić information content (AvgIpc) is 2.92. The van der Waals surface area contributed by atoms with E-state index in [9.17, 15) is 0 Å². The molecular weight excluding hydrogens is 252 g/mol. The van der Waals surface area contributed by atoms with Crippen molar-refractivity contribution in [3.05, 3.63) is 24.0 Å². The topological polar surface area (TPSA) is 43.4 Å². The van der Waals surface area contributed by atoms with E-state index in [-0.39, 0.29) is 6.10 Å². The summed E-state index contributed by atoms with van der Waals surface area (Å²) >= 11 is 0. The number of nitrogens with zero attached hydrogens (tertiary/aromatic N) is 1. The summed E-state index contributed by atoms with van der Waals surface area (Å²) in [6.45, 7) is 4.98. The van der Waals surface area contributed by atoms with Gasteiger partial charge in [-0.15, -0.1) is 0 Å². The number of ether oxygens (including phenoxy) is 2. The molecule has 1 aliphatic rings. The minimum absolute atomic E-state index is 0.173. The molecule has 0 bridgehead atoms. The van der Waals surface area contributed by atoms with Crippen LogP contribution in [0.15, 0.2) is 18.5 Å². The number of nitrogens with one attached hydrogen (secondary N) is 1. The lowest BCUT2D eigenvalue weighted by Gasteiger charge is -2.19. The second-order valence-electron chi connectivity index (χ2n) is 5.67. The lowest BCUT2D eigenvalue weighted by molar-refractivity contribution is 0.0998. The van der Waals surface area contributed by atoms with Crippen LogP contribution in [0.25, 0.3) is 0 Å². The van der Waals surface area contributed by atoms with Crippen molar-refractivity contribution in [2.75, 3.05) is 13.7 Å². The van der Waals surface area contributed by atoms with Crippen LogP contribution in [0.2, 0.25) is 0 Å². The summed E-state index contributed by atoms with van der Waals surface area (Å²) in [5, 5.41) is 3.37. The molecule has 1 aromatic rings. The van der Waals surface area contributed by atoms with Crippen LogP contribution in [0.1, 0.15) is 51.1 Å². The van der Waals surface area contributed by atoms with Crippen LogP contribution in [0.3, 0.4) is 0 Å². The average molecular weight is 278 g/mol. The van der Waals surface area contributed by atoms with Crippen molar-refractivity contribution in [1.29, 1.82) is 0 Å². The van der Waals surface area contributed by atoms with Gasteiger partial charge in [-0.1, -0.05) is 0 Å². The molecule has 0 radical (unpaired) electrons. The second kappa shape index (κ2) is 7.60. The zero-order valence-electron chi connectivity index (χ0n) is 12.8. The van der Waals surface area contributed by atoms with Gasteiger partial charge in [0.15, 0.2) is 0 Å². The van der Waals surface area contributed by atoms with E-state index in [0.717, 1.165) is 25.2 Å². The van der Waals surface area contributed by atoms with Crippen LogP contribution in [0.5, 0.6) is 5.75 Å². The normalized spacial score (nSPS) is 20.3. The molecule has 4 nitrogen and oxygen atoms in total. The predicted molar refractivity (Wildman–Crippen MR) is 80.0 cm³/mol. The summed E-state index contributed by atoms with van der Waals surface area (Å²) in [4.78, 5) is 4.29. The maximum absolute atomic E-state index is 5.71. The van der Waals surface area contributed by atoms with Gasteiger partial charge >= 0.3 is 0 Å². The van der Waals surface area contributed by atoms with Crippen LogP contribution in [0.4, 0.5) is 0 Å². The van der Waals surface area contributed by atoms with Gasteiger partial charge in [0.2, 0.25) is 0 Å². The minimum Gasteiger partial charge on any atom is -0.489 e. The fourth-order valence-electron chi connectivity index (χ4n) is 2.67. The van der Waals surface area contributed by atoms with Crippen LogP contribution >= 0.6 is 0 Å². The summed E-state index contributed by atoms with van der Waals surface area (Å²) in [5.41, 5.74) is 1.18. The maximum Gasteiger partial charge on any atom is 0.138 e.